The molecule has 0 spiro atoms. The fourth-order valence-electron chi connectivity index (χ4n) is 5.61. The number of carbonyl (C=O) groups excluding carboxylic acids is 4. The van der Waals surface area contributed by atoms with Crippen molar-refractivity contribution in [2.75, 3.05) is 0 Å². The molecule has 0 radical (unpaired) electrons. The molecule has 0 unspecified atom stereocenters. The van der Waals surface area contributed by atoms with Crippen molar-refractivity contribution in [2.24, 2.45) is 0 Å². The van der Waals surface area contributed by atoms with Crippen molar-refractivity contribution in [3.63, 3.8) is 0 Å². The van der Waals surface area contributed by atoms with Crippen molar-refractivity contribution in [1.29, 1.82) is 0 Å². The summed E-state index contributed by atoms with van der Waals surface area (Å²) in [6.45, 7) is 17.0. The maximum absolute atomic E-state index is 13.8. The van der Waals surface area contributed by atoms with Gasteiger partial charge < -0.3 is 23.7 Å². The highest BCUT2D eigenvalue weighted by Crippen LogP contribution is 2.45. The van der Waals surface area contributed by atoms with E-state index in [0.29, 0.717) is 11.1 Å². The third-order valence-electron chi connectivity index (χ3n) is 7.25. The van der Waals surface area contributed by atoms with Crippen LogP contribution in [0.4, 0.5) is 9.59 Å². The summed E-state index contributed by atoms with van der Waals surface area (Å²) in [5.41, 5.74) is -3.08. The first-order valence-electron chi connectivity index (χ1n) is 15.0. The molecule has 0 aliphatic carbocycles. The third kappa shape index (κ3) is 7.48. The van der Waals surface area contributed by atoms with E-state index in [-0.39, 0.29) is 0 Å². The minimum absolute atomic E-state index is 0.583. The van der Waals surface area contributed by atoms with Crippen LogP contribution in [0.2, 0.25) is 0 Å². The second kappa shape index (κ2) is 12.1. The highest BCUT2D eigenvalue weighted by Gasteiger charge is 2.58. The molecule has 11 nitrogen and oxygen atoms in total. The van der Waals surface area contributed by atoms with E-state index in [1.807, 2.05) is 0 Å². The van der Waals surface area contributed by atoms with Crippen LogP contribution in [0.3, 0.4) is 0 Å². The zero-order valence-corrected chi connectivity index (χ0v) is 27.7. The highest BCUT2D eigenvalue weighted by molar-refractivity contribution is 5.92. The predicted octanol–water partition coefficient (Wildman–Crippen LogP) is 6.28. The Morgan fingerprint density at radius 2 is 0.911 bits per heavy atom. The topological polar surface area (TPSA) is 121 Å². The molecule has 2 aliphatic rings. The molecule has 2 heterocycles. The van der Waals surface area contributed by atoms with Gasteiger partial charge in [-0.15, -0.1) is 0 Å². The largest absolute Gasteiger partial charge is 0.444 e. The van der Waals surface area contributed by atoms with Crippen LogP contribution in [-0.4, -0.2) is 68.8 Å². The molecule has 2 saturated heterocycles. The maximum atomic E-state index is 13.8. The summed E-state index contributed by atoms with van der Waals surface area (Å²) in [4.78, 5) is 57.3. The maximum Gasteiger partial charge on any atom is 0.413 e. The molecule has 0 aromatic heterocycles. The van der Waals surface area contributed by atoms with Crippen molar-refractivity contribution in [3.8, 4) is 0 Å². The normalized spacial score (nSPS) is 24.2. The van der Waals surface area contributed by atoms with Crippen molar-refractivity contribution >= 4 is 24.1 Å². The van der Waals surface area contributed by atoms with E-state index in [1.54, 1.807) is 130 Å². The van der Waals surface area contributed by atoms with Crippen LogP contribution in [0.1, 0.15) is 92.4 Å². The smallest absolute Gasteiger partial charge is 0.413 e. The number of rotatable bonds is 4. The Labute approximate surface area is 264 Å². The number of nitrogens with zero attached hydrogens (tertiary/aromatic N) is 2. The van der Waals surface area contributed by atoms with Gasteiger partial charge in [0.15, 0.2) is 12.2 Å². The fraction of sp³-hybridized carbons (Fsp3) is 0.529. The van der Waals surface area contributed by atoms with Gasteiger partial charge in [0.1, 0.15) is 34.7 Å². The van der Waals surface area contributed by atoms with Crippen molar-refractivity contribution in [3.05, 3.63) is 71.8 Å². The Bertz CT molecular complexity index is 1300. The van der Waals surface area contributed by atoms with Gasteiger partial charge in [-0.1, -0.05) is 60.7 Å². The molecular weight excluding hydrogens is 580 g/mol. The molecule has 11 heteroatoms. The molecule has 45 heavy (non-hydrogen) atoms. The standard InChI is InChI=1S/C34H44N2O9/c1-31(2,3)44-29(39)35-23(21-17-13-11-14-18-21)25(42-33(35,7)8)27(37)41-28(38)26-24(22-19-15-12-16-20-22)36(34(9,10)43-26)30(40)45-32(4,5)6/h11-20,23-26H,1-10H3/t23-,24-,25+,26+/m0/s1. The van der Waals surface area contributed by atoms with Gasteiger partial charge in [-0.3, -0.25) is 9.80 Å². The summed E-state index contributed by atoms with van der Waals surface area (Å²) in [5.74, 6) is -2.03. The zero-order valence-electron chi connectivity index (χ0n) is 27.7. The van der Waals surface area contributed by atoms with E-state index in [9.17, 15) is 19.2 Å². The number of carbonyl (C=O) groups is 4. The minimum Gasteiger partial charge on any atom is -0.444 e. The first-order valence-corrected chi connectivity index (χ1v) is 15.0. The van der Waals surface area contributed by atoms with E-state index in [4.69, 9.17) is 23.7 Å². The molecule has 2 aromatic rings. The van der Waals surface area contributed by atoms with E-state index in [2.05, 4.69) is 0 Å². The predicted molar refractivity (Wildman–Crippen MR) is 164 cm³/mol. The third-order valence-corrected chi connectivity index (χ3v) is 7.25. The van der Waals surface area contributed by atoms with E-state index in [1.165, 1.54) is 9.80 Å². The average molecular weight is 625 g/mol. The number of hydrogen-bond donors (Lipinski definition) is 0. The molecule has 2 aromatic carbocycles. The van der Waals surface area contributed by atoms with Crippen LogP contribution in [0.5, 0.6) is 0 Å². The Hall–Kier alpha value is -3.96. The van der Waals surface area contributed by atoms with Gasteiger partial charge in [0.05, 0.1) is 0 Å². The van der Waals surface area contributed by atoms with Crippen LogP contribution in [0.15, 0.2) is 60.7 Å². The van der Waals surface area contributed by atoms with E-state index < -0.39 is 71.1 Å². The van der Waals surface area contributed by atoms with E-state index in [0.717, 1.165) is 0 Å². The van der Waals surface area contributed by atoms with Crippen molar-refractivity contribution in [2.45, 2.75) is 116 Å². The van der Waals surface area contributed by atoms with Crippen molar-refractivity contribution < 1.29 is 42.9 Å². The van der Waals surface area contributed by atoms with Crippen LogP contribution >= 0.6 is 0 Å². The lowest BCUT2D eigenvalue weighted by molar-refractivity contribution is -0.179. The minimum atomic E-state index is -1.38. The zero-order chi connectivity index (χ0) is 33.5. The fourth-order valence-corrected chi connectivity index (χ4v) is 5.61. The Balaban J connectivity index is 1.67. The summed E-state index contributed by atoms with van der Waals surface area (Å²) in [6.07, 6.45) is -4.15. The molecule has 244 valence electrons. The molecule has 0 bridgehead atoms. The van der Waals surface area contributed by atoms with Gasteiger partial charge in [-0.25, -0.2) is 19.2 Å². The monoisotopic (exact) mass is 624 g/mol. The van der Waals surface area contributed by atoms with Gasteiger partial charge in [-0.2, -0.15) is 0 Å². The molecule has 4 rings (SSSR count). The number of esters is 2. The number of hydrogen-bond acceptors (Lipinski definition) is 9. The molecular formula is C34H44N2O9. The first-order chi connectivity index (χ1) is 20.7. The SMILES string of the molecule is CC(C)(C)OC(=O)N1[C@@H](c2ccccc2)[C@H](C(=O)OC(=O)[C@@H]2OC(C)(C)N(C(=O)OC(C)(C)C)[C@H]2c2ccccc2)OC1(C)C. The molecule has 0 saturated carbocycles. The quantitative estimate of drug-likeness (QED) is 0.220. The second-order valence-electron chi connectivity index (χ2n) is 14.1. The summed E-state index contributed by atoms with van der Waals surface area (Å²) in [6, 6.07) is 15.7. The summed E-state index contributed by atoms with van der Waals surface area (Å²) in [5, 5.41) is 0. The Kier molecular flexibility index (Phi) is 9.12. The van der Waals surface area contributed by atoms with Crippen LogP contribution < -0.4 is 0 Å². The van der Waals surface area contributed by atoms with Crippen LogP contribution in [-0.2, 0) is 33.3 Å². The molecule has 2 amide bonds. The van der Waals surface area contributed by atoms with Gasteiger partial charge >= 0.3 is 24.1 Å². The average Bonchev–Trinajstić information content (AvgIpc) is 3.37. The summed E-state index contributed by atoms with van der Waals surface area (Å²) in [7, 11) is 0. The Morgan fingerprint density at radius 3 is 1.20 bits per heavy atom. The lowest BCUT2D eigenvalue weighted by atomic mass is 9.99. The van der Waals surface area contributed by atoms with Gasteiger partial charge in [0.2, 0.25) is 0 Å². The Morgan fingerprint density at radius 1 is 0.600 bits per heavy atom. The lowest BCUT2D eigenvalue weighted by Gasteiger charge is -2.35. The lowest BCUT2D eigenvalue weighted by Crippen LogP contribution is -2.47. The summed E-state index contributed by atoms with van der Waals surface area (Å²) >= 11 is 0. The van der Waals surface area contributed by atoms with Crippen LogP contribution in [0.25, 0.3) is 0 Å². The summed E-state index contributed by atoms with van der Waals surface area (Å²) < 4.78 is 29.1. The van der Waals surface area contributed by atoms with E-state index >= 15 is 0 Å². The van der Waals surface area contributed by atoms with Gasteiger partial charge in [0.25, 0.3) is 0 Å². The second-order valence-corrected chi connectivity index (χ2v) is 14.1. The van der Waals surface area contributed by atoms with Gasteiger partial charge in [-0.05, 0) is 80.4 Å². The molecule has 0 N–H and O–H groups in total. The first kappa shape index (κ1) is 33.9. The molecule has 2 aliphatic heterocycles. The number of amides is 2. The van der Waals surface area contributed by atoms with Crippen LogP contribution in [0, 0.1) is 0 Å². The number of ether oxygens (including phenoxy) is 5. The van der Waals surface area contributed by atoms with Crippen molar-refractivity contribution in [1.82, 2.24) is 9.80 Å². The number of benzene rings is 2. The van der Waals surface area contributed by atoms with Gasteiger partial charge in [0, 0.05) is 0 Å². The molecule has 2 fully saturated rings. The highest BCUT2D eigenvalue weighted by atomic mass is 16.7. The molecule has 4 atom stereocenters.